The number of benzene rings is 1. The van der Waals surface area contributed by atoms with Crippen LogP contribution in [0.2, 0.25) is 0 Å². The van der Waals surface area contributed by atoms with Gasteiger partial charge in [-0.2, -0.15) is 5.26 Å². The van der Waals surface area contributed by atoms with Gasteiger partial charge in [-0.1, -0.05) is 22.0 Å². The standard InChI is InChI=1S/C15H17BrN2O3/c1-21-10-9-18(8-2-7-17)13-5-3-12(14(16)11-13)4-6-15(19)20/h3-6,11H,2,8-10H2,1H3,(H,19,20)/b6-4+. The lowest BCUT2D eigenvalue weighted by molar-refractivity contribution is -0.131. The number of carbonyl (C=O) groups is 1. The van der Waals surface area contributed by atoms with Crippen LogP contribution in [-0.2, 0) is 9.53 Å². The van der Waals surface area contributed by atoms with Crippen LogP contribution in [0.5, 0.6) is 0 Å². The molecule has 0 fully saturated rings. The molecule has 0 amide bonds. The number of anilines is 1. The van der Waals surface area contributed by atoms with Crippen LogP contribution in [0.1, 0.15) is 12.0 Å². The van der Waals surface area contributed by atoms with Crippen molar-refractivity contribution >= 4 is 33.7 Å². The molecule has 0 aliphatic heterocycles. The Bertz CT molecular complexity index is 552. The first-order chi connectivity index (χ1) is 10.1. The van der Waals surface area contributed by atoms with Gasteiger partial charge >= 0.3 is 5.97 Å². The summed E-state index contributed by atoms with van der Waals surface area (Å²) in [6.07, 6.45) is 3.06. The average molecular weight is 353 g/mol. The summed E-state index contributed by atoms with van der Waals surface area (Å²) < 4.78 is 5.88. The van der Waals surface area contributed by atoms with Crippen LogP contribution < -0.4 is 4.90 Å². The van der Waals surface area contributed by atoms with Crippen molar-refractivity contribution in [2.75, 3.05) is 31.7 Å². The summed E-state index contributed by atoms with van der Waals surface area (Å²) in [5.41, 5.74) is 1.75. The lowest BCUT2D eigenvalue weighted by Crippen LogP contribution is -2.28. The lowest BCUT2D eigenvalue weighted by Gasteiger charge is -2.24. The number of hydrogen-bond acceptors (Lipinski definition) is 4. The maximum atomic E-state index is 10.5. The van der Waals surface area contributed by atoms with Gasteiger partial charge in [0, 0.05) is 36.4 Å². The summed E-state index contributed by atoms with van der Waals surface area (Å²) >= 11 is 3.43. The molecule has 112 valence electrons. The molecule has 21 heavy (non-hydrogen) atoms. The molecule has 0 aliphatic carbocycles. The Morgan fingerprint density at radius 1 is 1.52 bits per heavy atom. The first kappa shape index (κ1) is 17.2. The van der Waals surface area contributed by atoms with Crippen LogP contribution in [0.4, 0.5) is 5.69 Å². The van der Waals surface area contributed by atoms with Crippen LogP contribution in [0, 0.1) is 11.3 Å². The predicted molar refractivity (Wildman–Crippen MR) is 85.1 cm³/mol. The highest BCUT2D eigenvalue weighted by atomic mass is 79.9. The molecule has 0 bridgehead atoms. The third-order valence-electron chi connectivity index (χ3n) is 2.81. The van der Waals surface area contributed by atoms with E-state index in [0.717, 1.165) is 21.8 Å². The second kappa shape index (κ2) is 9.16. The number of aliphatic carboxylic acids is 1. The molecule has 6 heteroatoms. The van der Waals surface area contributed by atoms with E-state index in [2.05, 4.69) is 26.9 Å². The maximum Gasteiger partial charge on any atom is 0.328 e. The van der Waals surface area contributed by atoms with Crippen molar-refractivity contribution in [2.45, 2.75) is 6.42 Å². The number of carboxylic acids is 1. The highest BCUT2D eigenvalue weighted by molar-refractivity contribution is 9.10. The molecule has 0 aromatic heterocycles. The highest BCUT2D eigenvalue weighted by Crippen LogP contribution is 2.25. The molecule has 5 nitrogen and oxygen atoms in total. The van der Waals surface area contributed by atoms with Crippen molar-refractivity contribution in [3.63, 3.8) is 0 Å². The molecule has 0 atom stereocenters. The summed E-state index contributed by atoms with van der Waals surface area (Å²) in [5, 5.41) is 17.4. The molecule has 1 rings (SSSR count). The summed E-state index contributed by atoms with van der Waals surface area (Å²) in [6, 6.07) is 7.78. The average Bonchev–Trinajstić information content (AvgIpc) is 2.46. The SMILES string of the molecule is COCCN(CCC#N)c1ccc(/C=C/C(=O)O)c(Br)c1. The van der Waals surface area contributed by atoms with Gasteiger partial charge in [0.1, 0.15) is 0 Å². The first-order valence-electron chi connectivity index (χ1n) is 6.40. The maximum absolute atomic E-state index is 10.5. The van der Waals surface area contributed by atoms with E-state index in [1.54, 1.807) is 7.11 Å². The third-order valence-corrected chi connectivity index (χ3v) is 3.50. The molecular formula is C15H17BrN2O3. The third kappa shape index (κ3) is 5.98. The van der Waals surface area contributed by atoms with Gasteiger partial charge in [0.05, 0.1) is 19.1 Å². The Morgan fingerprint density at radius 3 is 2.86 bits per heavy atom. The van der Waals surface area contributed by atoms with E-state index in [1.165, 1.54) is 6.08 Å². The molecule has 0 heterocycles. The van der Waals surface area contributed by atoms with E-state index < -0.39 is 5.97 Å². The molecule has 1 aromatic rings. The Morgan fingerprint density at radius 2 is 2.29 bits per heavy atom. The zero-order valence-corrected chi connectivity index (χ0v) is 13.3. The summed E-state index contributed by atoms with van der Waals surface area (Å²) in [7, 11) is 1.64. The zero-order valence-electron chi connectivity index (χ0n) is 11.8. The van der Waals surface area contributed by atoms with Crippen molar-refractivity contribution in [1.29, 1.82) is 5.26 Å². The molecule has 0 saturated heterocycles. The molecule has 0 saturated carbocycles. The van der Waals surface area contributed by atoms with Gasteiger partial charge in [0.15, 0.2) is 0 Å². The van der Waals surface area contributed by atoms with Crippen molar-refractivity contribution in [3.8, 4) is 6.07 Å². The Kier molecular flexibility index (Phi) is 7.51. The number of ether oxygens (including phenoxy) is 1. The van der Waals surface area contributed by atoms with Gasteiger partial charge in [0.25, 0.3) is 0 Å². The number of nitrogens with zero attached hydrogens (tertiary/aromatic N) is 2. The highest BCUT2D eigenvalue weighted by Gasteiger charge is 2.08. The van der Waals surface area contributed by atoms with Crippen LogP contribution >= 0.6 is 15.9 Å². The van der Waals surface area contributed by atoms with E-state index in [1.807, 2.05) is 18.2 Å². The van der Waals surface area contributed by atoms with Gasteiger partial charge in [-0.05, 0) is 23.8 Å². The van der Waals surface area contributed by atoms with Gasteiger partial charge in [-0.25, -0.2) is 4.79 Å². The molecule has 1 aromatic carbocycles. The van der Waals surface area contributed by atoms with Crippen LogP contribution in [0.15, 0.2) is 28.7 Å². The van der Waals surface area contributed by atoms with Gasteiger partial charge in [-0.15, -0.1) is 0 Å². The lowest BCUT2D eigenvalue weighted by atomic mass is 10.1. The fourth-order valence-corrected chi connectivity index (χ4v) is 2.26. The second-order valence-corrected chi connectivity index (χ2v) is 5.12. The van der Waals surface area contributed by atoms with E-state index in [-0.39, 0.29) is 0 Å². The minimum atomic E-state index is -0.985. The van der Waals surface area contributed by atoms with Crippen LogP contribution in [0.3, 0.4) is 0 Å². The van der Waals surface area contributed by atoms with Gasteiger partial charge < -0.3 is 14.7 Å². The number of hydrogen-bond donors (Lipinski definition) is 1. The van der Waals surface area contributed by atoms with Crippen molar-refractivity contribution in [2.24, 2.45) is 0 Å². The summed E-state index contributed by atoms with van der Waals surface area (Å²) in [5.74, 6) is -0.985. The van der Waals surface area contributed by atoms with E-state index >= 15 is 0 Å². The number of rotatable bonds is 8. The van der Waals surface area contributed by atoms with E-state index in [9.17, 15) is 4.79 Å². The number of methoxy groups -OCH3 is 1. The van der Waals surface area contributed by atoms with Gasteiger partial charge in [0.2, 0.25) is 0 Å². The van der Waals surface area contributed by atoms with Crippen LogP contribution in [0.25, 0.3) is 6.08 Å². The fraction of sp³-hybridized carbons (Fsp3) is 0.333. The largest absolute Gasteiger partial charge is 0.478 e. The predicted octanol–water partition coefficient (Wildman–Crippen LogP) is 2.91. The molecular weight excluding hydrogens is 336 g/mol. The normalized spacial score (nSPS) is 10.5. The van der Waals surface area contributed by atoms with Crippen molar-refractivity contribution in [3.05, 3.63) is 34.3 Å². The summed E-state index contributed by atoms with van der Waals surface area (Å²) in [6.45, 7) is 1.88. The quantitative estimate of drug-likeness (QED) is 0.728. The van der Waals surface area contributed by atoms with Crippen molar-refractivity contribution < 1.29 is 14.6 Å². The van der Waals surface area contributed by atoms with E-state index in [0.29, 0.717) is 26.1 Å². The smallest absolute Gasteiger partial charge is 0.328 e. The first-order valence-corrected chi connectivity index (χ1v) is 7.19. The minimum absolute atomic E-state index is 0.433. The minimum Gasteiger partial charge on any atom is -0.478 e. The van der Waals surface area contributed by atoms with E-state index in [4.69, 9.17) is 15.1 Å². The molecule has 0 radical (unpaired) electrons. The summed E-state index contributed by atoms with van der Waals surface area (Å²) in [4.78, 5) is 12.6. The Balaban J connectivity index is 2.91. The van der Waals surface area contributed by atoms with Crippen LogP contribution in [-0.4, -0.2) is 37.9 Å². The second-order valence-electron chi connectivity index (χ2n) is 4.27. The monoisotopic (exact) mass is 352 g/mol. The van der Waals surface area contributed by atoms with Crippen molar-refractivity contribution in [1.82, 2.24) is 0 Å². The Labute approximate surface area is 132 Å². The number of nitriles is 1. The topological polar surface area (TPSA) is 73.6 Å². The molecule has 1 N–H and O–H groups in total. The fourth-order valence-electron chi connectivity index (χ4n) is 1.77. The molecule has 0 aliphatic rings. The molecule has 0 spiro atoms. The number of carboxylic acid groups (broad SMARTS) is 1. The zero-order chi connectivity index (χ0) is 15.7. The van der Waals surface area contributed by atoms with Gasteiger partial charge in [-0.3, -0.25) is 0 Å². The Hall–Kier alpha value is -1.84. The number of halogens is 1. The molecule has 0 unspecified atom stereocenters.